The molecule has 2 rings (SSSR count). The lowest BCUT2D eigenvalue weighted by Crippen LogP contribution is -2.41. The molecule has 5 nitrogen and oxygen atoms in total. The van der Waals surface area contributed by atoms with Crippen molar-refractivity contribution in [2.45, 2.75) is 25.7 Å². The molecular formula is C16H19F2N3O2. The zero-order chi connectivity index (χ0) is 16.9. The summed E-state index contributed by atoms with van der Waals surface area (Å²) in [5.41, 5.74) is 6.93. The van der Waals surface area contributed by atoms with E-state index in [1.807, 2.05) is 31.2 Å². The van der Waals surface area contributed by atoms with Gasteiger partial charge in [0.1, 0.15) is 0 Å². The number of hydrogen-bond donors (Lipinski definition) is 2. The minimum atomic E-state index is -3.09. The first-order chi connectivity index (χ1) is 10.9. The largest absolute Gasteiger partial charge is 0.441 e. The van der Waals surface area contributed by atoms with Crippen molar-refractivity contribution in [3.63, 3.8) is 0 Å². The number of halogens is 2. The zero-order valence-electron chi connectivity index (χ0n) is 12.8. The van der Waals surface area contributed by atoms with Gasteiger partial charge >= 0.3 is 0 Å². The van der Waals surface area contributed by atoms with Crippen molar-refractivity contribution in [2.75, 3.05) is 13.1 Å². The van der Waals surface area contributed by atoms with Crippen molar-refractivity contribution in [1.82, 2.24) is 10.3 Å². The van der Waals surface area contributed by atoms with E-state index in [1.165, 1.54) is 0 Å². The van der Waals surface area contributed by atoms with E-state index in [4.69, 9.17) is 10.2 Å². The Kier molecular flexibility index (Phi) is 5.44. The molecule has 0 aliphatic rings. The summed E-state index contributed by atoms with van der Waals surface area (Å²) in [7, 11) is 0. The lowest BCUT2D eigenvalue weighted by molar-refractivity contribution is -0.122. The number of carbonyl (C=O) groups excluding carboxylic acids is 1. The van der Waals surface area contributed by atoms with Gasteiger partial charge in [0.15, 0.2) is 11.7 Å². The molecule has 3 N–H and O–H groups in total. The van der Waals surface area contributed by atoms with E-state index < -0.39 is 24.9 Å². The molecule has 0 aliphatic heterocycles. The van der Waals surface area contributed by atoms with Crippen LogP contribution in [0.25, 0.3) is 11.3 Å². The van der Waals surface area contributed by atoms with Crippen LogP contribution in [0.4, 0.5) is 8.78 Å². The molecule has 23 heavy (non-hydrogen) atoms. The molecular weight excluding hydrogens is 304 g/mol. The van der Waals surface area contributed by atoms with E-state index in [0.717, 1.165) is 11.1 Å². The quantitative estimate of drug-likeness (QED) is 0.819. The highest BCUT2D eigenvalue weighted by Crippen LogP contribution is 2.21. The number of hydrogen-bond acceptors (Lipinski definition) is 4. The Morgan fingerprint density at radius 3 is 2.70 bits per heavy atom. The highest BCUT2D eigenvalue weighted by molar-refractivity contribution is 5.76. The summed E-state index contributed by atoms with van der Waals surface area (Å²) in [6.07, 6.45) is 1.85. The third-order valence-electron chi connectivity index (χ3n) is 3.30. The third kappa shape index (κ3) is 5.14. The fourth-order valence-corrected chi connectivity index (χ4v) is 1.89. The Morgan fingerprint density at radius 1 is 1.35 bits per heavy atom. The van der Waals surface area contributed by atoms with E-state index in [0.29, 0.717) is 11.7 Å². The van der Waals surface area contributed by atoms with E-state index in [2.05, 4.69) is 10.3 Å². The summed E-state index contributed by atoms with van der Waals surface area (Å²) < 4.78 is 31.4. The fraction of sp³-hybridized carbons (Fsp3) is 0.375. The van der Waals surface area contributed by atoms with E-state index in [9.17, 15) is 13.6 Å². The molecule has 0 radical (unpaired) electrons. The fourth-order valence-electron chi connectivity index (χ4n) is 1.89. The molecule has 0 spiro atoms. The Labute approximate surface area is 132 Å². The first-order valence-electron chi connectivity index (χ1n) is 7.26. The number of carbonyl (C=O) groups is 1. The molecule has 1 heterocycles. The van der Waals surface area contributed by atoms with Gasteiger partial charge in [0, 0.05) is 18.4 Å². The lowest BCUT2D eigenvalue weighted by Gasteiger charge is -2.14. The van der Waals surface area contributed by atoms with Gasteiger partial charge in [0.2, 0.25) is 5.91 Å². The van der Waals surface area contributed by atoms with Crippen LogP contribution in [-0.2, 0) is 11.2 Å². The van der Waals surface area contributed by atoms with Crippen LogP contribution in [0.5, 0.6) is 0 Å². The lowest BCUT2D eigenvalue weighted by atomic mass is 10.1. The maximum absolute atomic E-state index is 12.9. The van der Waals surface area contributed by atoms with E-state index in [1.54, 1.807) is 6.20 Å². The van der Waals surface area contributed by atoms with Crippen LogP contribution in [0.1, 0.15) is 17.9 Å². The summed E-state index contributed by atoms with van der Waals surface area (Å²) in [6, 6.07) is 7.76. The smallest absolute Gasteiger partial charge is 0.277 e. The molecule has 0 unspecified atom stereocenters. The van der Waals surface area contributed by atoms with Gasteiger partial charge in [-0.1, -0.05) is 29.8 Å². The molecule has 124 valence electrons. The average Bonchev–Trinajstić information content (AvgIpc) is 3.01. The van der Waals surface area contributed by atoms with E-state index >= 15 is 0 Å². The predicted octanol–water partition coefficient (Wildman–Crippen LogP) is 2.29. The number of nitrogens with two attached hydrogens (primary N) is 1. The highest BCUT2D eigenvalue weighted by atomic mass is 19.3. The van der Waals surface area contributed by atoms with Crippen molar-refractivity contribution in [3.8, 4) is 11.3 Å². The van der Waals surface area contributed by atoms with Crippen LogP contribution in [0.2, 0.25) is 0 Å². The van der Waals surface area contributed by atoms with Gasteiger partial charge in [-0.25, -0.2) is 13.8 Å². The topological polar surface area (TPSA) is 81.2 Å². The molecule has 0 fully saturated rings. The Balaban J connectivity index is 1.85. The molecule has 0 saturated heterocycles. The molecule has 0 saturated carbocycles. The second-order valence-electron chi connectivity index (χ2n) is 5.32. The minimum Gasteiger partial charge on any atom is -0.441 e. The van der Waals surface area contributed by atoms with Crippen LogP contribution >= 0.6 is 0 Å². The number of benzene rings is 1. The van der Waals surface area contributed by atoms with Crippen LogP contribution < -0.4 is 11.1 Å². The molecule has 1 amide bonds. The Hall–Kier alpha value is -2.28. The van der Waals surface area contributed by atoms with Crippen molar-refractivity contribution in [3.05, 3.63) is 41.9 Å². The first-order valence-corrected chi connectivity index (χ1v) is 7.26. The van der Waals surface area contributed by atoms with Crippen LogP contribution in [0.15, 0.2) is 34.9 Å². The van der Waals surface area contributed by atoms with Gasteiger partial charge in [-0.2, -0.15) is 0 Å². The van der Waals surface area contributed by atoms with Crippen molar-refractivity contribution in [1.29, 1.82) is 0 Å². The van der Waals surface area contributed by atoms with Crippen molar-refractivity contribution in [2.24, 2.45) is 5.73 Å². The highest BCUT2D eigenvalue weighted by Gasteiger charge is 2.27. The van der Waals surface area contributed by atoms with Crippen LogP contribution in [0, 0.1) is 6.92 Å². The predicted molar refractivity (Wildman–Crippen MR) is 82.0 cm³/mol. The number of oxazole rings is 1. The number of nitrogens with one attached hydrogen (secondary N) is 1. The zero-order valence-corrected chi connectivity index (χ0v) is 12.8. The molecule has 1 aromatic carbocycles. The van der Waals surface area contributed by atoms with E-state index in [-0.39, 0.29) is 12.8 Å². The molecule has 1 aromatic heterocycles. The van der Waals surface area contributed by atoms with Crippen LogP contribution in [0.3, 0.4) is 0 Å². The number of aryl methyl sites for hydroxylation is 2. The maximum Gasteiger partial charge on any atom is 0.277 e. The summed E-state index contributed by atoms with van der Waals surface area (Å²) in [6.45, 7) is 0.428. The maximum atomic E-state index is 12.9. The summed E-state index contributed by atoms with van der Waals surface area (Å²) in [5.74, 6) is -2.58. The number of alkyl halides is 2. The van der Waals surface area contributed by atoms with Crippen molar-refractivity contribution < 1.29 is 18.0 Å². The first kappa shape index (κ1) is 17.1. The monoisotopic (exact) mass is 323 g/mol. The molecule has 7 heteroatoms. The van der Waals surface area contributed by atoms with Gasteiger partial charge < -0.3 is 15.5 Å². The average molecular weight is 323 g/mol. The van der Waals surface area contributed by atoms with Gasteiger partial charge in [-0.05, 0) is 6.92 Å². The number of aromatic nitrogens is 1. The normalized spacial score (nSPS) is 11.5. The Morgan fingerprint density at radius 2 is 2.04 bits per heavy atom. The summed E-state index contributed by atoms with van der Waals surface area (Å²) in [5, 5.41) is 2.15. The SMILES string of the molecule is Cc1ccc(-c2cnc(CCC(=O)NCC(F)(F)CN)o2)cc1. The number of rotatable bonds is 7. The number of amides is 1. The van der Waals surface area contributed by atoms with Gasteiger partial charge in [0.05, 0.1) is 19.3 Å². The molecule has 2 aromatic rings. The van der Waals surface area contributed by atoms with Crippen LogP contribution in [-0.4, -0.2) is 29.9 Å². The number of nitrogens with zero attached hydrogens (tertiary/aromatic N) is 1. The molecule has 0 bridgehead atoms. The van der Waals surface area contributed by atoms with Gasteiger partial charge in [-0.15, -0.1) is 0 Å². The molecule has 0 atom stereocenters. The Bertz CT molecular complexity index is 654. The second-order valence-corrected chi connectivity index (χ2v) is 5.32. The summed E-state index contributed by atoms with van der Waals surface area (Å²) >= 11 is 0. The molecule has 0 aliphatic carbocycles. The third-order valence-corrected chi connectivity index (χ3v) is 3.30. The van der Waals surface area contributed by atoms with Crippen molar-refractivity contribution >= 4 is 5.91 Å². The standard InChI is InChI=1S/C16H19F2N3O2/c1-11-2-4-12(5-3-11)13-8-20-15(23-13)7-6-14(22)21-10-16(17,18)9-19/h2-5,8H,6-7,9-10,19H2,1H3,(H,21,22). The minimum absolute atomic E-state index is 0.0223. The van der Waals surface area contributed by atoms with Gasteiger partial charge in [-0.3, -0.25) is 4.79 Å². The summed E-state index contributed by atoms with van der Waals surface area (Å²) in [4.78, 5) is 15.6. The van der Waals surface area contributed by atoms with Gasteiger partial charge in [0.25, 0.3) is 5.92 Å². The second kappa shape index (κ2) is 7.32.